The van der Waals surface area contributed by atoms with E-state index in [1.807, 2.05) is 0 Å². The van der Waals surface area contributed by atoms with Crippen molar-refractivity contribution in [3.8, 4) is 0 Å². The largest absolute Gasteiger partial charge is 0.441 e. The number of hydrogen-bond acceptors (Lipinski definition) is 7. The van der Waals surface area contributed by atoms with Crippen molar-refractivity contribution in [1.82, 2.24) is 15.0 Å². The Morgan fingerprint density at radius 2 is 2.10 bits per heavy atom. The van der Waals surface area contributed by atoms with Crippen LogP contribution in [0.3, 0.4) is 0 Å². The molecule has 2 fully saturated rings. The summed E-state index contributed by atoms with van der Waals surface area (Å²) in [7, 11) is 1.56. The minimum atomic E-state index is -4.51. The molecule has 2 aromatic rings. The van der Waals surface area contributed by atoms with Crippen molar-refractivity contribution >= 4 is 11.8 Å². The van der Waals surface area contributed by atoms with Gasteiger partial charge in [0.1, 0.15) is 23.9 Å². The summed E-state index contributed by atoms with van der Waals surface area (Å²) in [6, 6.07) is 4.05. The highest BCUT2D eigenvalue weighted by Crippen LogP contribution is 2.35. The zero-order valence-electron chi connectivity index (χ0n) is 15.8. The summed E-state index contributed by atoms with van der Waals surface area (Å²) < 4.78 is 61.9. The van der Waals surface area contributed by atoms with E-state index in [0.29, 0.717) is 18.9 Å². The van der Waals surface area contributed by atoms with Gasteiger partial charge in [0.2, 0.25) is 0 Å². The van der Waals surface area contributed by atoms with Crippen LogP contribution in [-0.4, -0.2) is 59.7 Å². The predicted molar refractivity (Wildman–Crippen MR) is 94.6 cm³/mol. The number of benzene rings is 1. The molecule has 1 aromatic carbocycles. The van der Waals surface area contributed by atoms with Gasteiger partial charge < -0.3 is 18.9 Å². The van der Waals surface area contributed by atoms with Crippen LogP contribution >= 0.6 is 0 Å². The van der Waals surface area contributed by atoms with Crippen LogP contribution < -0.4 is 5.32 Å². The summed E-state index contributed by atoms with van der Waals surface area (Å²) in [5, 5.41) is 10.4. The Morgan fingerprint density at radius 3 is 2.87 bits per heavy atom. The Balaban J connectivity index is 1.36. The number of rotatable bonds is 5. The first kappa shape index (κ1) is 20.6. The number of nitrogens with one attached hydrogen (secondary N) is 1. The van der Waals surface area contributed by atoms with E-state index in [1.165, 1.54) is 12.1 Å². The second-order valence-electron chi connectivity index (χ2n) is 6.93. The Morgan fingerprint density at radius 1 is 1.30 bits per heavy atom. The first-order valence-corrected chi connectivity index (χ1v) is 9.13. The lowest BCUT2D eigenvalue weighted by Gasteiger charge is -2.17. The number of aromatic nitrogens is 3. The highest BCUT2D eigenvalue weighted by atomic mass is 19.4. The third-order valence-corrected chi connectivity index (χ3v) is 4.87. The number of anilines is 1. The summed E-state index contributed by atoms with van der Waals surface area (Å²) in [6.07, 6.45) is -5.28. The average molecular weight is 428 g/mol. The molecule has 0 radical (unpaired) electrons. The molecule has 2 aliphatic heterocycles. The lowest BCUT2D eigenvalue weighted by atomic mass is 10.1. The molecule has 2 aliphatic rings. The zero-order valence-corrected chi connectivity index (χ0v) is 15.8. The van der Waals surface area contributed by atoms with E-state index in [1.54, 1.807) is 18.0 Å². The van der Waals surface area contributed by atoms with E-state index in [0.717, 1.165) is 12.1 Å². The molecular weight excluding hydrogens is 409 g/mol. The molecule has 0 saturated carbocycles. The number of fused-ring (bicyclic) bond motifs is 1. The molecule has 3 heterocycles. The van der Waals surface area contributed by atoms with Gasteiger partial charge in [0, 0.05) is 12.8 Å². The molecule has 4 rings (SSSR count). The van der Waals surface area contributed by atoms with Crippen molar-refractivity contribution in [2.45, 2.75) is 37.1 Å². The normalized spacial score (nSPS) is 25.9. The van der Waals surface area contributed by atoms with Crippen LogP contribution in [-0.2, 0) is 31.7 Å². The highest BCUT2D eigenvalue weighted by Gasteiger charge is 2.50. The summed E-state index contributed by atoms with van der Waals surface area (Å²) in [5.41, 5.74) is -0.233. The van der Waals surface area contributed by atoms with E-state index >= 15 is 0 Å². The van der Waals surface area contributed by atoms with Crippen LogP contribution in [0.5, 0.6) is 0 Å². The molecular formula is C18H19F3N4O5. The minimum Gasteiger partial charge on any atom is -0.441 e. The number of hydrogen-bond donors (Lipinski definition) is 1. The topological polar surface area (TPSA) is 96.7 Å². The van der Waals surface area contributed by atoms with Crippen LogP contribution in [0.2, 0.25) is 0 Å². The van der Waals surface area contributed by atoms with E-state index in [4.69, 9.17) is 18.9 Å². The molecule has 1 N–H and O–H groups in total. The quantitative estimate of drug-likeness (QED) is 0.781. The van der Waals surface area contributed by atoms with Gasteiger partial charge in [-0.2, -0.15) is 13.2 Å². The van der Waals surface area contributed by atoms with Gasteiger partial charge in [-0.25, -0.2) is 9.48 Å². The Labute approximate surface area is 169 Å². The molecule has 30 heavy (non-hydrogen) atoms. The molecule has 1 aromatic heterocycles. The van der Waals surface area contributed by atoms with Crippen molar-refractivity contribution < 1.29 is 36.9 Å². The fourth-order valence-electron chi connectivity index (χ4n) is 3.52. The fraction of sp³-hybridized carbons (Fsp3) is 0.500. The number of methoxy groups -OCH3 is 1. The molecule has 0 unspecified atom stereocenters. The van der Waals surface area contributed by atoms with Crippen LogP contribution in [0, 0.1) is 0 Å². The molecule has 162 valence electrons. The van der Waals surface area contributed by atoms with Crippen molar-refractivity contribution in [3.05, 3.63) is 41.7 Å². The smallest absolute Gasteiger partial charge is 0.416 e. The number of carbonyl (C=O) groups is 1. The molecule has 1 amide bonds. The molecule has 4 atom stereocenters. The Bertz CT molecular complexity index is 906. The second kappa shape index (κ2) is 8.20. The lowest BCUT2D eigenvalue weighted by Crippen LogP contribution is -2.34. The molecule has 2 saturated heterocycles. The van der Waals surface area contributed by atoms with Crippen LogP contribution in [0.4, 0.5) is 23.7 Å². The number of carbonyl (C=O) groups excluding carboxylic acids is 1. The van der Waals surface area contributed by atoms with Gasteiger partial charge in [0.15, 0.2) is 6.10 Å². The van der Waals surface area contributed by atoms with E-state index < -0.39 is 36.1 Å². The number of alkyl halides is 3. The predicted octanol–water partition coefficient (Wildman–Crippen LogP) is 2.40. The highest BCUT2D eigenvalue weighted by molar-refractivity contribution is 5.84. The van der Waals surface area contributed by atoms with Crippen molar-refractivity contribution in [1.29, 1.82) is 0 Å². The van der Waals surface area contributed by atoms with Crippen molar-refractivity contribution in [2.75, 3.05) is 25.6 Å². The van der Waals surface area contributed by atoms with Gasteiger partial charge in [0.05, 0.1) is 31.6 Å². The summed E-state index contributed by atoms with van der Waals surface area (Å²) in [5.74, 6) is 0. The van der Waals surface area contributed by atoms with Crippen molar-refractivity contribution in [3.63, 3.8) is 0 Å². The SMILES string of the molecule is COCc1cn([C@@H]2CO[C@@H]3[C@@H]2OC[C@H]3OC(=O)Nc2cccc(C(F)(F)F)c2)nn1. The average Bonchev–Trinajstić information content (AvgIpc) is 3.39. The van der Waals surface area contributed by atoms with Gasteiger partial charge in [-0.3, -0.25) is 5.32 Å². The summed E-state index contributed by atoms with van der Waals surface area (Å²) in [4.78, 5) is 12.2. The lowest BCUT2D eigenvalue weighted by molar-refractivity contribution is -0.137. The zero-order chi connectivity index (χ0) is 21.3. The maximum atomic E-state index is 12.8. The molecule has 0 spiro atoms. The fourth-order valence-corrected chi connectivity index (χ4v) is 3.52. The number of nitrogens with zero attached hydrogens (tertiary/aromatic N) is 3. The van der Waals surface area contributed by atoms with E-state index in [9.17, 15) is 18.0 Å². The maximum Gasteiger partial charge on any atom is 0.416 e. The number of amides is 1. The van der Waals surface area contributed by atoms with Gasteiger partial charge >= 0.3 is 12.3 Å². The van der Waals surface area contributed by atoms with Crippen LogP contribution in [0.15, 0.2) is 30.5 Å². The standard InChI is InChI=1S/C18H19F3N4O5/c1-27-7-12-6-25(24-23-12)13-8-28-16-14(9-29-15(13)16)30-17(26)22-11-4-2-3-10(5-11)18(19,20)21/h2-6,13-16H,7-9H2,1H3,(H,22,26)/t13-,14-,15-,16+/m1/s1. The van der Waals surface area contributed by atoms with Gasteiger partial charge in [-0.15, -0.1) is 5.10 Å². The van der Waals surface area contributed by atoms with Gasteiger partial charge in [0.25, 0.3) is 0 Å². The number of ether oxygens (including phenoxy) is 4. The second-order valence-corrected chi connectivity index (χ2v) is 6.93. The minimum absolute atomic E-state index is 0.0243. The van der Waals surface area contributed by atoms with E-state index in [2.05, 4.69) is 15.6 Å². The van der Waals surface area contributed by atoms with Gasteiger partial charge in [-0.05, 0) is 18.2 Å². The summed E-state index contributed by atoms with van der Waals surface area (Å²) >= 11 is 0. The Hall–Kier alpha value is -2.70. The summed E-state index contributed by atoms with van der Waals surface area (Å²) in [6.45, 7) is 0.714. The van der Waals surface area contributed by atoms with Crippen LogP contribution in [0.1, 0.15) is 17.3 Å². The Kier molecular flexibility index (Phi) is 5.62. The van der Waals surface area contributed by atoms with E-state index in [-0.39, 0.29) is 18.3 Å². The third-order valence-electron chi connectivity index (χ3n) is 4.87. The van der Waals surface area contributed by atoms with Crippen LogP contribution in [0.25, 0.3) is 0 Å². The van der Waals surface area contributed by atoms with Crippen molar-refractivity contribution in [2.24, 2.45) is 0 Å². The molecule has 0 bridgehead atoms. The monoisotopic (exact) mass is 428 g/mol. The first-order chi connectivity index (χ1) is 14.3. The molecule has 0 aliphatic carbocycles. The van der Waals surface area contributed by atoms with Gasteiger partial charge in [-0.1, -0.05) is 11.3 Å². The molecule has 12 heteroatoms. The third kappa shape index (κ3) is 4.25. The maximum absolute atomic E-state index is 12.8. The first-order valence-electron chi connectivity index (χ1n) is 9.13. The number of halogens is 3. The molecule has 9 nitrogen and oxygen atoms in total.